The van der Waals surface area contributed by atoms with Gasteiger partial charge in [0.2, 0.25) is 0 Å². The molecule has 12 nitrogen and oxygen atoms in total. The molecule has 4 N–H and O–H groups in total. The number of aromatic hydroxyl groups is 4. The van der Waals surface area contributed by atoms with Gasteiger partial charge in [-0.2, -0.15) is 0 Å². The molecule has 9 aliphatic carbocycles. The number of phenolic OH excluding ortho intramolecular Hbond substituents is 4. The Morgan fingerprint density at radius 1 is 0.516 bits per heavy atom. The minimum Gasteiger partial charge on any atom is -0.508 e. The molecule has 17 rings (SSSR count). The summed E-state index contributed by atoms with van der Waals surface area (Å²) in [5.74, 6) is 2.04. The lowest BCUT2D eigenvalue weighted by atomic mass is 9.16. The lowest BCUT2D eigenvalue weighted by Crippen LogP contribution is -2.96. The number of benzene rings is 4. The Balaban J connectivity index is 1.16. The first-order chi connectivity index (χ1) is 30.0. The molecule has 4 heterocycles. The van der Waals surface area contributed by atoms with Crippen LogP contribution in [0.5, 0.6) is 46.0 Å². The fourth-order valence-electron chi connectivity index (χ4n) is 19.3. The van der Waals surface area contributed by atoms with E-state index in [0.717, 1.165) is 59.7 Å². The quantitative estimate of drug-likeness (QED) is 0.209. The molecular weight excluding hydrogens is 789 g/mol. The Morgan fingerprint density at radius 2 is 0.903 bits per heavy atom. The average Bonchev–Trinajstić information content (AvgIpc) is 3.82. The Morgan fingerprint density at radius 3 is 1.27 bits per heavy atom. The van der Waals surface area contributed by atoms with Crippen molar-refractivity contribution in [1.29, 1.82) is 0 Å². The van der Waals surface area contributed by atoms with Crippen LogP contribution in [0.2, 0.25) is 0 Å². The number of rotatable bonds is 4. The second-order valence-electron chi connectivity index (χ2n) is 20.6. The van der Waals surface area contributed by atoms with Gasteiger partial charge in [-0.3, -0.25) is 0 Å². The third kappa shape index (κ3) is 2.82. The van der Waals surface area contributed by atoms with Crippen LogP contribution >= 0.6 is 0 Å². The average molecular weight is 839 g/mol. The highest BCUT2D eigenvalue weighted by Gasteiger charge is 2.98. The number of hydrogen-bond acceptors (Lipinski definition) is 12. The topological polar surface area (TPSA) is 143 Å². The molecule has 12 heteroatoms. The predicted octanol–water partition coefficient (Wildman–Crippen LogP) is 4.84. The van der Waals surface area contributed by atoms with E-state index in [1.54, 1.807) is 52.7 Å². The maximum atomic E-state index is 12.8. The SMILES string of the molecule is COc1ccc2c3c1OC1C4(OC)c5c(O)ccc(O)c5C5(C6C4C4C6C67c8c(O)ccc(O)c8C4(OC)C4Oc8c(OC)ccc9c8C46CCN(C)C7C9)C(C2)N(C)CCC315. The van der Waals surface area contributed by atoms with Gasteiger partial charge in [0.05, 0.1) is 25.0 Å². The zero-order valence-corrected chi connectivity index (χ0v) is 35.6. The Hall–Kier alpha value is -4.88. The summed E-state index contributed by atoms with van der Waals surface area (Å²) in [7, 11) is 11.3. The third-order valence-corrected chi connectivity index (χ3v) is 20.2. The van der Waals surface area contributed by atoms with Crippen LogP contribution < -0.4 is 18.9 Å². The summed E-state index contributed by atoms with van der Waals surface area (Å²) in [4.78, 5) is 5.01. The summed E-state index contributed by atoms with van der Waals surface area (Å²) < 4.78 is 42.0. The highest BCUT2D eigenvalue weighted by Crippen LogP contribution is 2.93. The summed E-state index contributed by atoms with van der Waals surface area (Å²) >= 11 is 0. The monoisotopic (exact) mass is 838 g/mol. The normalized spacial score (nSPS) is 43.8. The molecule has 320 valence electrons. The van der Waals surface area contributed by atoms with Crippen LogP contribution in [0.3, 0.4) is 0 Å². The van der Waals surface area contributed by atoms with Crippen LogP contribution in [0.15, 0.2) is 48.5 Å². The Labute approximate surface area is 358 Å². The number of ether oxygens (including phenoxy) is 6. The van der Waals surface area contributed by atoms with E-state index in [-0.39, 0.29) is 58.8 Å². The van der Waals surface area contributed by atoms with E-state index in [4.69, 9.17) is 28.4 Å². The van der Waals surface area contributed by atoms with Gasteiger partial charge in [-0.1, -0.05) is 12.1 Å². The van der Waals surface area contributed by atoms with E-state index >= 15 is 0 Å². The standard InChI is InChI=1S/C50H50N2O10/c1-51-17-15-45-31-21-7-13-27(57-3)41(31)61-43(45)49(59-5)35-25(55)11-9-23(53)33(35)47(45,29(51)19-21)37-38-40(39(37)49)50(60-6)36-26(56)12-10-24(54)34(36)48(38)30-20-22-8-14-28(58-4)42-32(22)46(48,44(50)62-42)16-18-52(30)2/h7-14,29-30,37-40,43-44,53-56H,15-20H2,1-6H3. The third-order valence-electron chi connectivity index (χ3n) is 20.2. The number of hydrogen-bond donors (Lipinski definition) is 4. The second-order valence-corrected chi connectivity index (χ2v) is 20.6. The zero-order valence-electron chi connectivity index (χ0n) is 35.6. The Bertz CT molecular complexity index is 2640. The molecule has 4 aromatic carbocycles. The van der Waals surface area contributed by atoms with Crippen LogP contribution in [-0.2, 0) is 55.2 Å². The molecule has 3 saturated carbocycles. The largest absolute Gasteiger partial charge is 0.508 e. The van der Waals surface area contributed by atoms with Gasteiger partial charge < -0.3 is 58.6 Å². The van der Waals surface area contributed by atoms with Crippen LogP contribution in [-0.4, -0.2) is 110 Å². The van der Waals surface area contributed by atoms with E-state index in [1.807, 2.05) is 12.1 Å². The van der Waals surface area contributed by atoms with E-state index in [1.165, 1.54) is 11.1 Å². The maximum absolute atomic E-state index is 12.8. The lowest BCUT2D eigenvalue weighted by Gasteiger charge is -2.89. The van der Waals surface area contributed by atoms with Crippen LogP contribution in [0.1, 0.15) is 57.3 Å². The molecule has 0 aromatic heterocycles. The minimum atomic E-state index is -1.33. The number of piperidine rings is 2. The lowest BCUT2D eigenvalue weighted by molar-refractivity contribution is -0.402. The molecule has 4 aliphatic heterocycles. The Kier molecular flexibility index (Phi) is 5.87. The van der Waals surface area contributed by atoms with Crippen molar-refractivity contribution in [3.8, 4) is 46.0 Å². The van der Waals surface area contributed by atoms with Crippen LogP contribution in [0.4, 0.5) is 0 Å². The molecule has 8 bridgehead atoms. The van der Waals surface area contributed by atoms with Crippen LogP contribution in [0.25, 0.3) is 0 Å². The molecule has 14 atom stereocenters. The highest BCUT2D eigenvalue weighted by atomic mass is 16.6. The van der Waals surface area contributed by atoms with Gasteiger partial charge in [-0.15, -0.1) is 0 Å². The smallest absolute Gasteiger partial charge is 0.166 e. The molecule has 14 unspecified atom stereocenters. The number of nitrogens with zero attached hydrogens (tertiary/aromatic N) is 2. The van der Waals surface area contributed by atoms with Gasteiger partial charge in [-0.05, 0) is 112 Å². The molecular formula is C50H50N2O10. The van der Waals surface area contributed by atoms with Crippen molar-refractivity contribution < 1.29 is 48.8 Å². The molecule has 4 aromatic rings. The highest BCUT2D eigenvalue weighted by molar-refractivity contribution is 5.79. The van der Waals surface area contributed by atoms with Gasteiger partial charge >= 0.3 is 0 Å². The van der Waals surface area contributed by atoms with Crippen molar-refractivity contribution in [2.24, 2.45) is 23.7 Å². The first-order valence-electron chi connectivity index (χ1n) is 22.4. The first kappa shape index (κ1) is 35.6. The zero-order chi connectivity index (χ0) is 42.2. The van der Waals surface area contributed by atoms with Crippen molar-refractivity contribution in [3.63, 3.8) is 0 Å². The predicted molar refractivity (Wildman–Crippen MR) is 222 cm³/mol. The van der Waals surface area contributed by atoms with Crippen molar-refractivity contribution in [2.45, 2.75) is 82.8 Å². The van der Waals surface area contributed by atoms with E-state index in [2.05, 4.69) is 36.0 Å². The van der Waals surface area contributed by atoms with Gasteiger partial charge in [0, 0.05) is 82.3 Å². The van der Waals surface area contributed by atoms with Gasteiger partial charge in [0.15, 0.2) is 23.0 Å². The fraction of sp³-hybridized carbons (Fsp3) is 0.520. The maximum Gasteiger partial charge on any atom is 0.166 e. The molecule has 4 spiro atoms. The number of likely N-dealkylation sites (tertiary alicyclic amines) is 2. The van der Waals surface area contributed by atoms with Crippen molar-refractivity contribution >= 4 is 0 Å². The summed E-state index contributed by atoms with van der Waals surface area (Å²) in [6.45, 7) is 1.60. The van der Waals surface area contributed by atoms with Crippen molar-refractivity contribution in [3.05, 3.63) is 93.0 Å². The first-order valence-corrected chi connectivity index (χ1v) is 22.4. The van der Waals surface area contributed by atoms with Gasteiger partial charge in [0.1, 0.15) is 46.4 Å². The molecule has 0 radical (unpaired) electrons. The molecule has 5 fully saturated rings. The summed E-state index contributed by atoms with van der Waals surface area (Å²) in [5, 5.41) is 50.7. The number of phenols is 4. The van der Waals surface area contributed by atoms with Crippen LogP contribution in [0, 0.1) is 23.7 Å². The van der Waals surface area contributed by atoms with E-state index < -0.39 is 45.1 Å². The summed E-state index contributed by atoms with van der Waals surface area (Å²) in [5.41, 5.74) is 1.67. The van der Waals surface area contributed by atoms with Gasteiger partial charge in [-0.25, -0.2) is 0 Å². The molecule has 62 heavy (non-hydrogen) atoms. The van der Waals surface area contributed by atoms with Crippen molar-refractivity contribution in [1.82, 2.24) is 9.80 Å². The molecule has 0 amide bonds. The van der Waals surface area contributed by atoms with Gasteiger partial charge in [0.25, 0.3) is 0 Å². The molecule has 13 aliphatic rings. The van der Waals surface area contributed by atoms with E-state index in [9.17, 15) is 20.4 Å². The summed E-state index contributed by atoms with van der Waals surface area (Å²) in [6.07, 6.45) is 1.62. The van der Waals surface area contributed by atoms with Crippen molar-refractivity contribution in [2.75, 3.05) is 55.6 Å². The molecule has 2 saturated heterocycles. The minimum absolute atomic E-state index is 0.0601. The number of likely N-dealkylation sites (N-methyl/N-ethyl adjacent to an activating group) is 2. The summed E-state index contributed by atoms with van der Waals surface area (Å²) in [6, 6.07) is 14.8. The fourth-order valence-corrected chi connectivity index (χ4v) is 19.3. The van der Waals surface area contributed by atoms with E-state index in [0.29, 0.717) is 35.5 Å². The second kappa shape index (κ2) is 10.2. The number of methoxy groups -OCH3 is 4.